The number of hydrogen-bond acceptors (Lipinski definition) is 4. The van der Waals surface area contributed by atoms with Crippen molar-refractivity contribution in [3.8, 4) is 0 Å². The quantitative estimate of drug-likeness (QED) is 0.840. The first-order chi connectivity index (χ1) is 8.79. The highest BCUT2D eigenvalue weighted by Gasteiger charge is 2.25. The Morgan fingerprint density at radius 3 is 2.95 bits per heavy atom. The third-order valence-corrected chi connectivity index (χ3v) is 4.14. The molecule has 4 nitrogen and oxygen atoms in total. The number of carbonyl (C=O) groups is 1. The molecule has 1 saturated heterocycles. The summed E-state index contributed by atoms with van der Waals surface area (Å²) in [4.78, 5) is 19.1. The Bertz CT molecular complexity index is 391. The molecule has 0 saturated carbocycles. The summed E-state index contributed by atoms with van der Waals surface area (Å²) in [6.07, 6.45) is 4.63. The molecule has 0 aromatic carbocycles. The Balaban J connectivity index is 0.00000180. The van der Waals surface area contributed by atoms with E-state index in [1.54, 1.807) is 24.2 Å². The molecule has 1 aromatic rings. The molecule has 2 rings (SSSR count). The number of hydrogen-bond donors (Lipinski definition) is 1. The maximum absolute atomic E-state index is 12.0. The van der Waals surface area contributed by atoms with E-state index in [4.69, 9.17) is 0 Å². The number of thioether (sulfide) groups is 1. The van der Waals surface area contributed by atoms with Crippen LogP contribution in [0.3, 0.4) is 0 Å². The monoisotopic (exact) mass is 301 g/mol. The summed E-state index contributed by atoms with van der Waals surface area (Å²) in [5.74, 6) is 1.39. The number of pyridine rings is 1. The van der Waals surface area contributed by atoms with Crippen LogP contribution in [0.15, 0.2) is 29.4 Å². The second kappa shape index (κ2) is 8.40. The molecule has 1 fully saturated rings. The third kappa shape index (κ3) is 5.01. The number of nitrogens with zero attached hydrogens (tertiary/aromatic N) is 2. The Morgan fingerprint density at radius 1 is 1.53 bits per heavy atom. The van der Waals surface area contributed by atoms with Gasteiger partial charge in [-0.2, -0.15) is 0 Å². The van der Waals surface area contributed by atoms with Crippen molar-refractivity contribution >= 4 is 30.1 Å². The molecule has 1 atom stereocenters. The molecule has 0 aliphatic carbocycles. The van der Waals surface area contributed by atoms with Crippen LogP contribution in [0.25, 0.3) is 0 Å². The lowest BCUT2D eigenvalue weighted by Crippen LogP contribution is -2.31. The van der Waals surface area contributed by atoms with Gasteiger partial charge in [0.05, 0.1) is 5.75 Å². The van der Waals surface area contributed by atoms with Crippen molar-refractivity contribution in [2.75, 3.05) is 32.4 Å². The number of nitrogens with one attached hydrogen (secondary N) is 1. The van der Waals surface area contributed by atoms with Gasteiger partial charge in [0.1, 0.15) is 0 Å². The lowest BCUT2D eigenvalue weighted by Gasteiger charge is -2.16. The molecule has 0 bridgehead atoms. The molecule has 0 spiro atoms. The van der Waals surface area contributed by atoms with Crippen molar-refractivity contribution in [1.29, 1.82) is 0 Å². The molecule has 1 aliphatic heterocycles. The lowest BCUT2D eigenvalue weighted by atomic mass is 10.1. The molecule has 106 valence electrons. The van der Waals surface area contributed by atoms with Crippen LogP contribution >= 0.6 is 24.2 Å². The number of likely N-dealkylation sites (tertiary alicyclic amines) is 1. The summed E-state index contributed by atoms with van der Waals surface area (Å²) < 4.78 is 0. The van der Waals surface area contributed by atoms with Gasteiger partial charge in [-0.25, -0.2) is 0 Å². The first-order valence-corrected chi connectivity index (χ1v) is 7.23. The van der Waals surface area contributed by atoms with Gasteiger partial charge in [0.2, 0.25) is 5.91 Å². The van der Waals surface area contributed by atoms with Gasteiger partial charge in [-0.15, -0.1) is 24.2 Å². The molecule has 1 amide bonds. The van der Waals surface area contributed by atoms with E-state index in [1.807, 2.05) is 24.1 Å². The number of amides is 1. The fourth-order valence-electron chi connectivity index (χ4n) is 2.19. The standard InChI is InChI=1S/C13H19N3OS.ClH/c1-14-8-11-4-7-16(9-11)13(17)10-18-12-2-5-15-6-3-12;/h2-3,5-6,11,14H,4,7-10H2,1H3;1H. The normalized spacial score (nSPS) is 18.2. The average molecular weight is 302 g/mol. The molecule has 19 heavy (non-hydrogen) atoms. The Kier molecular flexibility index (Phi) is 7.20. The summed E-state index contributed by atoms with van der Waals surface area (Å²) >= 11 is 1.58. The average Bonchev–Trinajstić information content (AvgIpc) is 2.86. The number of aromatic nitrogens is 1. The van der Waals surface area contributed by atoms with Crippen molar-refractivity contribution < 1.29 is 4.79 Å². The van der Waals surface area contributed by atoms with Crippen LogP contribution in [0.2, 0.25) is 0 Å². The van der Waals surface area contributed by atoms with Gasteiger partial charge < -0.3 is 10.2 Å². The second-order valence-corrected chi connectivity index (χ2v) is 5.57. The zero-order valence-corrected chi connectivity index (χ0v) is 12.7. The van der Waals surface area contributed by atoms with E-state index in [9.17, 15) is 4.79 Å². The zero-order valence-electron chi connectivity index (χ0n) is 11.0. The van der Waals surface area contributed by atoms with Crippen LogP contribution in [0, 0.1) is 5.92 Å². The summed E-state index contributed by atoms with van der Waals surface area (Å²) in [5, 5.41) is 3.18. The first-order valence-electron chi connectivity index (χ1n) is 6.25. The number of halogens is 1. The van der Waals surface area contributed by atoms with Crippen molar-refractivity contribution in [1.82, 2.24) is 15.2 Å². The molecule has 1 aliphatic rings. The highest BCUT2D eigenvalue weighted by molar-refractivity contribution is 8.00. The van der Waals surface area contributed by atoms with Gasteiger partial charge >= 0.3 is 0 Å². The third-order valence-electron chi connectivity index (χ3n) is 3.14. The maximum atomic E-state index is 12.0. The van der Waals surface area contributed by atoms with Gasteiger partial charge in [0, 0.05) is 30.4 Å². The van der Waals surface area contributed by atoms with E-state index in [0.717, 1.165) is 31.0 Å². The van der Waals surface area contributed by atoms with Gasteiger partial charge in [-0.3, -0.25) is 9.78 Å². The van der Waals surface area contributed by atoms with E-state index < -0.39 is 0 Å². The summed E-state index contributed by atoms with van der Waals surface area (Å²) in [5.41, 5.74) is 0. The highest BCUT2D eigenvalue weighted by atomic mass is 35.5. The fraction of sp³-hybridized carbons (Fsp3) is 0.538. The van der Waals surface area contributed by atoms with Gasteiger partial charge in [0.25, 0.3) is 0 Å². The Hall–Kier alpha value is -0.780. The minimum absolute atomic E-state index is 0. The maximum Gasteiger partial charge on any atom is 0.232 e. The van der Waals surface area contributed by atoms with Gasteiger partial charge in [0.15, 0.2) is 0 Å². The van der Waals surface area contributed by atoms with Crippen LogP contribution in [0.5, 0.6) is 0 Å². The summed E-state index contributed by atoms with van der Waals surface area (Å²) in [6, 6.07) is 3.87. The minimum Gasteiger partial charge on any atom is -0.342 e. The second-order valence-electron chi connectivity index (χ2n) is 4.52. The van der Waals surface area contributed by atoms with Crippen LogP contribution in [0.4, 0.5) is 0 Å². The van der Waals surface area contributed by atoms with E-state index in [2.05, 4.69) is 10.3 Å². The van der Waals surface area contributed by atoms with Crippen molar-refractivity contribution in [3.05, 3.63) is 24.5 Å². The van der Waals surface area contributed by atoms with Crippen LogP contribution in [0.1, 0.15) is 6.42 Å². The van der Waals surface area contributed by atoms with Crippen molar-refractivity contribution in [2.45, 2.75) is 11.3 Å². The van der Waals surface area contributed by atoms with Gasteiger partial charge in [-0.05, 0) is 38.1 Å². The SMILES string of the molecule is CNCC1CCN(C(=O)CSc2ccncc2)C1.Cl. The molecule has 2 heterocycles. The molecule has 6 heteroatoms. The highest BCUT2D eigenvalue weighted by Crippen LogP contribution is 2.20. The van der Waals surface area contributed by atoms with E-state index >= 15 is 0 Å². The molecular formula is C13H20ClN3OS. The van der Waals surface area contributed by atoms with Crippen LogP contribution in [-0.4, -0.2) is 48.2 Å². The first kappa shape index (κ1) is 16.3. The van der Waals surface area contributed by atoms with E-state index in [-0.39, 0.29) is 18.3 Å². The predicted molar refractivity (Wildman–Crippen MR) is 80.8 cm³/mol. The summed E-state index contributed by atoms with van der Waals surface area (Å²) in [7, 11) is 1.96. The molecular weight excluding hydrogens is 282 g/mol. The lowest BCUT2D eigenvalue weighted by molar-refractivity contribution is -0.127. The van der Waals surface area contributed by atoms with Gasteiger partial charge in [-0.1, -0.05) is 0 Å². The van der Waals surface area contributed by atoms with Crippen LogP contribution in [-0.2, 0) is 4.79 Å². The van der Waals surface area contributed by atoms with E-state index in [1.165, 1.54) is 0 Å². The van der Waals surface area contributed by atoms with Crippen molar-refractivity contribution in [2.24, 2.45) is 5.92 Å². The smallest absolute Gasteiger partial charge is 0.232 e. The summed E-state index contributed by atoms with van der Waals surface area (Å²) in [6.45, 7) is 2.81. The van der Waals surface area contributed by atoms with Crippen LogP contribution < -0.4 is 5.32 Å². The van der Waals surface area contributed by atoms with E-state index in [0.29, 0.717) is 11.7 Å². The molecule has 1 aromatic heterocycles. The Morgan fingerprint density at radius 2 is 2.26 bits per heavy atom. The molecule has 0 radical (unpaired) electrons. The Labute approximate surface area is 124 Å². The number of rotatable bonds is 5. The topological polar surface area (TPSA) is 45.2 Å². The zero-order chi connectivity index (χ0) is 12.8. The predicted octanol–water partition coefficient (Wildman–Crippen LogP) is 1.66. The fourth-order valence-corrected chi connectivity index (χ4v) is 2.97. The largest absolute Gasteiger partial charge is 0.342 e. The molecule has 1 N–H and O–H groups in total. The van der Waals surface area contributed by atoms with Crippen molar-refractivity contribution in [3.63, 3.8) is 0 Å². The minimum atomic E-state index is 0. The number of carbonyl (C=O) groups excluding carboxylic acids is 1. The molecule has 1 unspecified atom stereocenters.